The standard InChI is InChI=1S/C21H23ClN4O6/c1-10-16-18(25-32-10)17-13(22)6-3-7-15(17)26(20(16)29)12-5-2-4-11(8-12)23-19(28)14(9-27)24-21(30)31/h3,6-7,11-12,14,24,27H,2,4-5,8-9H2,1H3,(H,23,28)(H,30,31). The second-order valence-corrected chi connectivity index (χ2v) is 8.39. The molecule has 0 bridgehead atoms. The molecule has 0 aliphatic heterocycles. The molecule has 4 rings (SSSR count). The summed E-state index contributed by atoms with van der Waals surface area (Å²) < 4.78 is 6.99. The Morgan fingerprint density at radius 3 is 2.84 bits per heavy atom. The lowest BCUT2D eigenvalue weighted by molar-refractivity contribution is -0.124. The summed E-state index contributed by atoms with van der Waals surface area (Å²) in [5.74, 6) is -0.196. The number of amides is 2. The van der Waals surface area contributed by atoms with E-state index < -0.39 is 24.6 Å². The van der Waals surface area contributed by atoms with Crippen LogP contribution in [0.25, 0.3) is 21.8 Å². The summed E-state index contributed by atoms with van der Waals surface area (Å²) in [5, 5.41) is 28.5. The van der Waals surface area contributed by atoms with Gasteiger partial charge in [0.05, 0.1) is 17.1 Å². The van der Waals surface area contributed by atoms with Crippen LogP contribution in [0.4, 0.5) is 4.79 Å². The molecule has 11 heteroatoms. The second kappa shape index (κ2) is 8.79. The molecule has 0 radical (unpaired) electrons. The van der Waals surface area contributed by atoms with Gasteiger partial charge in [0.25, 0.3) is 5.56 Å². The Bertz CT molecular complexity index is 1250. The van der Waals surface area contributed by atoms with E-state index in [0.29, 0.717) is 45.4 Å². The number of carbonyl (C=O) groups is 2. The lowest BCUT2D eigenvalue weighted by atomic mass is 9.90. The topological polar surface area (TPSA) is 147 Å². The molecule has 0 spiro atoms. The fourth-order valence-electron chi connectivity index (χ4n) is 4.51. The average molecular weight is 463 g/mol. The van der Waals surface area contributed by atoms with Gasteiger partial charge in [0.1, 0.15) is 22.7 Å². The van der Waals surface area contributed by atoms with Gasteiger partial charge in [-0.05, 0) is 44.7 Å². The molecule has 4 N–H and O–H groups in total. The number of aromatic nitrogens is 2. The number of hydrogen-bond donors (Lipinski definition) is 4. The minimum absolute atomic E-state index is 0.221. The van der Waals surface area contributed by atoms with Crippen molar-refractivity contribution in [3.05, 3.63) is 39.3 Å². The van der Waals surface area contributed by atoms with E-state index in [0.717, 1.165) is 12.8 Å². The number of hydrogen-bond acceptors (Lipinski definition) is 6. The highest BCUT2D eigenvalue weighted by atomic mass is 35.5. The zero-order valence-corrected chi connectivity index (χ0v) is 18.1. The minimum Gasteiger partial charge on any atom is -0.465 e. The summed E-state index contributed by atoms with van der Waals surface area (Å²) >= 11 is 6.47. The van der Waals surface area contributed by atoms with Gasteiger partial charge in [0.2, 0.25) is 5.91 Å². The van der Waals surface area contributed by atoms with Crippen LogP contribution in [0.5, 0.6) is 0 Å². The smallest absolute Gasteiger partial charge is 0.405 e. The molecule has 2 heterocycles. The van der Waals surface area contributed by atoms with Crippen LogP contribution < -0.4 is 16.2 Å². The van der Waals surface area contributed by atoms with Crippen molar-refractivity contribution in [3.8, 4) is 0 Å². The van der Waals surface area contributed by atoms with Crippen LogP contribution in [0.2, 0.25) is 5.02 Å². The summed E-state index contributed by atoms with van der Waals surface area (Å²) in [6, 6.07) is 3.55. The fourth-order valence-corrected chi connectivity index (χ4v) is 4.77. The Labute approximate surface area is 187 Å². The monoisotopic (exact) mass is 462 g/mol. The van der Waals surface area contributed by atoms with Crippen LogP contribution in [-0.2, 0) is 4.79 Å². The van der Waals surface area contributed by atoms with E-state index in [4.69, 9.17) is 21.2 Å². The maximum Gasteiger partial charge on any atom is 0.405 e. The molecule has 1 aliphatic rings. The molecule has 2 amide bonds. The number of carboxylic acid groups (broad SMARTS) is 1. The molecule has 1 aromatic carbocycles. The van der Waals surface area contributed by atoms with Crippen molar-refractivity contribution in [3.63, 3.8) is 0 Å². The lowest BCUT2D eigenvalue weighted by Gasteiger charge is -2.32. The Morgan fingerprint density at radius 1 is 1.34 bits per heavy atom. The van der Waals surface area contributed by atoms with Gasteiger partial charge in [-0.25, -0.2) is 4.79 Å². The number of halogens is 1. The van der Waals surface area contributed by atoms with Crippen LogP contribution in [0.3, 0.4) is 0 Å². The Balaban J connectivity index is 1.70. The van der Waals surface area contributed by atoms with Crippen molar-refractivity contribution in [1.29, 1.82) is 0 Å². The summed E-state index contributed by atoms with van der Waals surface area (Å²) in [5.41, 5.74) is 0.836. The molecular formula is C21H23ClN4O6. The van der Waals surface area contributed by atoms with Crippen molar-refractivity contribution in [2.45, 2.75) is 50.7 Å². The molecule has 1 fully saturated rings. The largest absolute Gasteiger partial charge is 0.465 e. The molecule has 170 valence electrons. The summed E-state index contributed by atoms with van der Waals surface area (Å²) in [6.07, 6.45) is 1.22. The first-order valence-electron chi connectivity index (χ1n) is 10.3. The van der Waals surface area contributed by atoms with Gasteiger partial charge in [-0.15, -0.1) is 0 Å². The van der Waals surface area contributed by atoms with Crippen molar-refractivity contribution >= 4 is 45.4 Å². The van der Waals surface area contributed by atoms with Gasteiger partial charge in [-0.3, -0.25) is 9.59 Å². The Kier molecular flexibility index (Phi) is 6.07. The van der Waals surface area contributed by atoms with Crippen LogP contribution in [0.1, 0.15) is 37.5 Å². The van der Waals surface area contributed by atoms with E-state index in [-0.39, 0.29) is 17.6 Å². The molecule has 1 saturated carbocycles. The molecule has 3 unspecified atom stereocenters. The Morgan fingerprint density at radius 2 is 2.12 bits per heavy atom. The highest BCUT2D eigenvalue weighted by Gasteiger charge is 2.30. The molecule has 10 nitrogen and oxygen atoms in total. The van der Waals surface area contributed by atoms with Crippen LogP contribution in [-0.4, -0.2) is 50.6 Å². The molecule has 32 heavy (non-hydrogen) atoms. The van der Waals surface area contributed by atoms with Crippen LogP contribution in [0.15, 0.2) is 27.5 Å². The number of nitrogens with one attached hydrogen (secondary N) is 2. The number of aliphatic hydroxyl groups excluding tert-OH is 1. The van der Waals surface area contributed by atoms with Gasteiger partial charge in [-0.1, -0.05) is 22.8 Å². The predicted molar refractivity (Wildman–Crippen MR) is 117 cm³/mol. The summed E-state index contributed by atoms with van der Waals surface area (Å²) in [7, 11) is 0. The first-order valence-corrected chi connectivity index (χ1v) is 10.7. The molecule has 3 atom stereocenters. The van der Waals surface area contributed by atoms with Crippen LogP contribution >= 0.6 is 11.6 Å². The number of aryl methyl sites for hydroxylation is 1. The third kappa shape index (κ3) is 3.91. The quantitative estimate of drug-likeness (QED) is 0.455. The zero-order valence-electron chi connectivity index (χ0n) is 17.3. The van der Waals surface area contributed by atoms with Crippen molar-refractivity contribution in [1.82, 2.24) is 20.4 Å². The van der Waals surface area contributed by atoms with E-state index in [1.807, 2.05) is 11.4 Å². The van der Waals surface area contributed by atoms with Gasteiger partial charge in [-0.2, -0.15) is 0 Å². The maximum absolute atomic E-state index is 13.5. The summed E-state index contributed by atoms with van der Waals surface area (Å²) in [4.78, 5) is 36.7. The van der Waals surface area contributed by atoms with Gasteiger partial charge in [0.15, 0.2) is 0 Å². The number of carbonyl (C=O) groups excluding carboxylic acids is 1. The van der Waals surface area contributed by atoms with E-state index in [1.165, 1.54) is 0 Å². The fraction of sp³-hybridized carbons (Fsp3) is 0.429. The molecule has 0 saturated heterocycles. The number of nitrogens with zero attached hydrogens (tertiary/aromatic N) is 2. The minimum atomic E-state index is -1.40. The number of fused-ring (bicyclic) bond motifs is 3. The van der Waals surface area contributed by atoms with E-state index in [9.17, 15) is 19.5 Å². The zero-order chi connectivity index (χ0) is 23.0. The van der Waals surface area contributed by atoms with E-state index >= 15 is 0 Å². The van der Waals surface area contributed by atoms with Gasteiger partial charge < -0.3 is 29.9 Å². The highest BCUT2D eigenvalue weighted by Crippen LogP contribution is 2.35. The SMILES string of the molecule is Cc1onc2c1c(=O)n(C1CCCC(NC(=O)C(CO)NC(=O)O)C1)c1cccc(Cl)c21. The van der Waals surface area contributed by atoms with E-state index in [2.05, 4.69) is 10.5 Å². The first kappa shape index (κ1) is 22.1. The van der Waals surface area contributed by atoms with Gasteiger partial charge in [0, 0.05) is 17.5 Å². The first-order chi connectivity index (χ1) is 15.3. The van der Waals surface area contributed by atoms with Crippen molar-refractivity contribution in [2.24, 2.45) is 0 Å². The third-order valence-corrected chi connectivity index (χ3v) is 6.25. The Hall–Kier alpha value is -3.11. The predicted octanol–water partition coefficient (Wildman–Crippen LogP) is 2.33. The number of rotatable bonds is 5. The number of benzene rings is 1. The van der Waals surface area contributed by atoms with Crippen LogP contribution in [0, 0.1) is 6.92 Å². The molecular weight excluding hydrogens is 440 g/mol. The molecule has 2 aromatic heterocycles. The molecule has 1 aliphatic carbocycles. The average Bonchev–Trinajstić information content (AvgIpc) is 3.14. The van der Waals surface area contributed by atoms with Crippen molar-refractivity contribution < 1.29 is 24.3 Å². The lowest BCUT2D eigenvalue weighted by Crippen LogP contribution is -2.52. The third-order valence-electron chi connectivity index (χ3n) is 5.94. The van der Waals surface area contributed by atoms with Crippen molar-refractivity contribution in [2.75, 3.05) is 6.61 Å². The number of aliphatic hydroxyl groups is 1. The van der Waals surface area contributed by atoms with E-state index in [1.54, 1.807) is 23.6 Å². The maximum atomic E-state index is 13.5. The number of pyridine rings is 1. The second-order valence-electron chi connectivity index (χ2n) is 7.98. The normalized spacial score (nSPS) is 19.7. The van der Waals surface area contributed by atoms with Gasteiger partial charge >= 0.3 is 6.09 Å². The molecule has 3 aromatic rings. The highest BCUT2D eigenvalue weighted by molar-refractivity contribution is 6.37. The summed E-state index contributed by atoms with van der Waals surface area (Å²) in [6.45, 7) is 1.03.